The molecule has 0 aliphatic rings. The fourth-order valence-corrected chi connectivity index (χ4v) is 3.02. The first-order valence-electron chi connectivity index (χ1n) is 7.31. The lowest BCUT2D eigenvalue weighted by Gasteiger charge is -2.11. The van der Waals surface area contributed by atoms with Gasteiger partial charge in [-0.05, 0) is 29.8 Å². The number of carbonyl (C=O) groups is 1. The molecule has 0 fully saturated rings. The standard InChI is InChI=1S/C19H11Cl2NO3/c20-13-7-10-16(18(21)11-13)15-3-1-2-4-17(15)19(23)12-5-8-14(9-6-12)22(24)25/h1-11H. The van der Waals surface area contributed by atoms with Gasteiger partial charge in [0.05, 0.1) is 4.92 Å². The summed E-state index contributed by atoms with van der Waals surface area (Å²) in [6.45, 7) is 0. The van der Waals surface area contributed by atoms with E-state index in [2.05, 4.69) is 0 Å². The number of benzene rings is 3. The molecule has 0 amide bonds. The second-order valence-electron chi connectivity index (χ2n) is 5.30. The highest BCUT2D eigenvalue weighted by atomic mass is 35.5. The van der Waals surface area contributed by atoms with E-state index < -0.39 is 4.92 Å². The van der Waals surface area contributed by atoms with Crippen LogP contribution in [0.4, 0.5) is 5.69 Å². The van der Waals surface area contributed by atoms with Crippen LogP contribution in [-0.4, -0.2) is 10.7 Å². The number of hydrogen-bond acceptors (Lipinski definition) is 3. The Hall–Kier alpha value is -2.69. The molecule has 0 unspecified atom stereocenters. The van der Waals surface area contributed by atoms with Crippen LogP contribution in [0, 0.1) is 10.1 Å². The van der Waals surface area contributed by atoms with Gasteiger partial charge in [-0.25, -0.2) is 0 Å². The summed E-state index contributed by atoms with van der Waals surface area (Å²) in [5.74, 6) is -0.239. The third-order valence-electron chi connectivity index (χ3n) is 3.73. The van der Waals surface area contributed by atoms with Gasteiger partial charge in [-0.1, -0.05) is 53.5 Å². The molecule has 124 valence electrons. The lowest BCUT2D eigenvalue weighted by Crippen LogP contribution is -2.04. The highest BCUT2D eigenvalue weighted by Crippen LogP contribution is 2.33. The fraction of sp³-hybridized carbons (Fsp3) is 0. The van der Waals surface area contributed by atoms with Gasteiger partial charge in [-0.2, -0.15) is 0 Å². The molecule has 6 heteroatoms. The van der Waals surface area contributed by atoms with Crippen LogP contribution in [-0.2, 0) is 0 Å². The topological polar surface area (TPSA) is 60.2 Å². The summed E-state index contributed by atoms with van der Waals surface area (Å²) in [4.78, 5) is 23.1. The molecule has 25 heavy (non-hydrogen) atoms. The molecule has 0 N–H and O–H groups in total. The zero-order chi connectivity index (χ0) is 18.0. The maximum Gasteiger partial charge on any atom is 0.269 e. The maximum absolute atomic E-state index is 12.9. The number of hydrogen-bond donors (Lipinski definition) is 0. The van der Waals surface area contributed by atoms with Gasteiger partial charge in [0.15, 0.2) is 5.78 Å². The summed E-state index contributed by atoms with van der Waals surface area (Å²) >= 11 is 12.2. The summed E-state index contributed by atoms with van der Waals surface area (Å²) in [5, 5.41) is 11.7. The van der Waals surface area contributed by atoms with Gasteiger partial charge < -0.3 is 0 Å². The second-order valence-corrected chi connectivity index (χ2v) is 6.15. The van der Waals surface area contributed by atoms with E-state index in [1.807, 2.05) is 6.07 Å². The Morgan fingerprint density at radius 1 is 0.880 bits per heavy atom. The summed E-state index contributed by atoms with van der Waals surface area (Å²) in [6.07, 6.45) is 0. The number of nitro groups is 1. The lowest BCUT2D eigenvalue weighted by atomic mass is 9.94. The summed E-state index contributed by atoms with van der Waals surface area (Å²) < 4.78 is 0. The van der Waals surface area contributed by atoms with Crippen molar-refractivity contribution in [2.45, 2.75) is 0 Å². The zero-order valence-corrected chi connectivity index (χ0v) is 14.3. The highest BCUT2D eigenvalue weighted by Gasteiger charge is 2.17. The Balaban J connectivity index is 2.06. The molecular formula is C19H11Cl2NO3. The van der Waals surface area contributed by atoms with Crippen LogP contribution in [0.25, 0.3) is 11.1 Å². The van der Waals surface area contributed by atoms with Crippen molar-refractivity contribution in [3.63, 3.8) is 0 Å². The minimum atomic E-state index is -0.504. The summed E-state index contributed by atoms with van der Waals surface area (Å²) in [5.41, 5.74) is 2.12. The maximum atomic E-state index is 12.9. The quantitative estimate of drug-likeness (QED) is 0.330. The Morgan fingerprint density at radius 2 is 1.56 bits per heavy atom. The van der Waals surface area contributed by atoms with E-state index in [-0.39, 0.29) is 11.5 Å². The van der Waals surface area contributed by atoms with Crippen LogP contribution < -0.4 is 0 Å². The van der Waals surface area contributed by atoms with Crippen LogP contribution >= 0.6 is 23.2 Å². The van der Waals surface area contributed by atoms with Crippen molar-refractivity contribution < 1.29 is 9.72 Å². The first-order chi connectivity index (χ1) is 12.0. The molecule has 0 aliphatic heterocycles. The van der Waals surface area contributed by atoms with Gasteiger partial charge in [0.2, 0.25) is 0 Å². The van der Waals surface area contributed by atoms with Crippen LogP contribution in [0.3, 0.4) is 0 Å². The smallest absolute Gasteiger partial charge is 0.269 e. The minimum Gasteiger partial charge on any atom is -0.289 e. The molecule has 3 rings (SSSR count). The molecule has 0 spiro atoms. The Bertz CT molecular complexity index is 969. The first-order valence-corrected chi connectivity index (χ1v) is 8.06. The molecule has 0 aromatic heterocycles. The van der Waals surface area contributed by atoms with E-state index in [9.17, 15) is 14.9 Å². The molecular weight excluding hydrogens is 361 g/mol. The monoisotopic (exact) mass is 371 g/mol. The Kier molecular flexibility index (Phi) is 4.83. The summed E-state index contributed by atoms with van der Waals surface area (Å²) in [7, 11) is 0. The average Bonchev–Trinajstić information content (AvgIpc) is 2.61. The van der Waals surface area contributed by atoms with Gasteiger partial charge in [-0.3, -0.25) is 14.9 Å². The van der Waals surface area contributed by atoms with E-state index in [4.69, 9.17) is 23.2 Å². The number of carbonyl (C=O) groups excluding carboxylic acids is 1. The first kappa shape index (κ1) is 17.1. The Labute approximate surface area is 153 Å². The van der Waals surface area contributed by atoms with Crippen molar-refractivity contribution in [1.82, 2.24) is 0 Å². The fourth-order valence-electron chi connectivity index (χ4n) is 2.51. The number of halogens is 2. The van der Waals surface area contributed by atoms with E-state index in [1.54, 1.807) is 36.4 Å². The lowest BCUT2D eigenvalue weighted by molar-refractivity contribution is -0.384. The van der Waals surface area contributed by atoms with Crippen molar-refractivity contribution in [3.8, 4) is 11.1 Å². The third-order valence-corrected chi connectivity index (χ3v) is 4.28. The number of non-ortho nitro benzene ring substituents is 1. The highest BCUT2D eigenvalue weighted by molar-refractivity contribution is 6.36. The molecule has 3 aromatic carbocycles. The van der Waals surface area contributed by atoms with Crippen LogP contribution in [0.2, 0.25) is 10.0 Å². The predicted octanol–water partition coefficient (Wildman–Crippen LogP) is 5.80. The average molecular weight is 372 g/mol. The van der Waals surface area contributed by atoms with Crippen molar-refractivity contribution in [2.24, 2.45) is 0 Å². The Morgan fingerprint density at radius 3 is 2.20 bits per heavy atom. The predicted molar refractivity (Wildman–Crippen MR) is 98.4 cm³/mol. The van der Waals surface area contributed by atoms with Crippen molar-refractivity contribution in [2.75, 3.05) is 0 Å². The molecule has 0 heterocycles. The molecule has 0 saturated carbocycles. The van der Waals surface area contributed by atoms with E-state index >= 15 is 0 Å². The molecule has 0 saturated heterocycles. The number of ketones is 1. The molecule has 0 aliphatic carbocycles. The van der Waals surface area contributed by atoms with Gasteiger partial charge in [0, 0.05) is 38.9 Å². The third kappa shape index (κ3) is 3.55. The summed E-state index contributed by atoms with van der Waals surface area (Å²) in [6, 6.07) is 17.7. The molecule has 0 radical (unpaired) electrons. The number of rotatable bonds is 4. The zero-order valence-electron chi connectivity index (χ0n) is 12.8. The SMILES string of the molecule is O=C(c1ccc([N+](=O)[O-])cc1)c1ccccc1-c1ccc(Cl)cc1Cl. The molecule has 4 nitrogen and oxygen atoms in total. The van der Waals surface area contributed by atoms with Crippen LogP contribution in [0.1, 0.15) is 15.9 Å². The molecule has 3 aromatic rings. The van der Waals surface area contributed by atoms with E-state index in [0.717, 1.165) is 0 Å². The molecule has 0 bridgehead atoms. The van der Waals surface area contributed by atoms with Crippen LogP contribution in [0.15, 0.2) is 66.7 Å². The van der Waals surface area contributed by atoms with Gasteiger partial charge in [-0.15, -0.1) is 0 Å². The normalized spacial score (nSPS) is 10.5. The van der Waals surface area contributed by atoms with Crippen LogP contribution in [0.5, 0.6) is 0 Å². The largest absolute Gasteiger partial charge is 0.289 e. The van der Waals surface area contributed by atoms with Gasteiger partial charge in [0.25, 0.3) is 5.69 Å². The second kappa shape index (κ2) is 7.05. The number of nitrogens with zero attached hydrogens (tertiary/aromatic N) is 1. The van der Waals surface area contributed by atoms with Gasteiger partial charge in [0.1, 0.15) is 0 Å². The van der Waals surface area contributed by atoms with E-state index in [1.165, 1.54) is 24.3 Å². The van der Waals surface area contributed by atoms with Gasteiger partial charge >= 0.3 is 0 Å². The van der Waals surface area contributed by atoms with Crippen molar-refractivity contribution in [1.29, 1.82) is 0 Å². The number of nitro benzene ring substituents is 1. The minimum absolute atomic E-state index is 0.0643. The van der Waals surface area contributed by atoms with E-state index in [0.29, 0.717) is 32.3 Å². The molecule has 0 atom stereocenters. The van der Waals surface area contributed by atoms with Crippen molar-refractivity contribution >= 4 is 34.7 Å². The van der Waals surface area contributed by atoms with Crippen molar-refractivity contribution in [3.05, 3.63) is 98.0 Å².